The molecule has 0 aliphatic heterocycles. The predicted molar refractivity (Wildman–Crippen MR) is 90.1 cm³/mol. The van der Waals surface area contributed by atoms with Gasteiger partial charge in [-0.05, 0) is 26.1 Å². The zero-order valence-corrected chi connectivity index (χ0v) is 14.4. The maximum absolute atomic E-state index is 10.9. The van der Waals surface area contributed by atoms with E-state index in [0.29, 0.717) is 0 Å². The molecule has 0 bridgehead atoms. The van der Waals surface area contributed by atoms with E-state index in [-0.39, 0.29) is 23.5 Å². The van der Waals surface area contributed by atoms with Crippen LogP contribution in [0.1, 0.15) is 27.6 Å². The zero-order valence-electron chi connectivity index (χ0n) is 14.4. The number of aliphatic hydroxyl groups is 5. The summed E-state index contributed by atoms with van der Waals surface area (Å²) in [6, 6.07) is 4.04. The first-order valence-electron chi connectivity index (χ1n) is 7.62. The maximum atomic E-state index is 10.9. The number of hydrogen-bond donors (Lipinski definition) is 8. The summed E-state index contributed by atoms with van der Waals surface area (Å²) in [5.74, 6) is -2.08. The second-order valence-electron chi connectivity index (χ2n) is 5.42. The van der Waals surface area contributed by atoms with Gasteiger partial charge in [0.1, 0.15) is 29.6 Å². The van der Waals surface area contributed by atoms with Crippen LogP contribution in [-0.2, 0) is 0 Å². The number of carboxylic acid groups (broad SMARTS) is 1. The summed E-state index contributed by atoms with van der Waals surface area (Å²) in [6.07, 6.45) is -5.65. The summed E-state index contributed by atoms with van der Waals surface area (Å²) in [7, 11) is 1.57. The van der Waals surface area contributed by atoms with Crippen molar-refractivity contribution in [1.29, 1.82) is 0 Å². The topological polar surface area (TPSA) is 188 Å². The van der Waals surface area contributed by atoms with Gasteiger partial charge in [0.15, 0.2) is 5.78 Å². The highest BCUT2D eigenvalue weighted by molar-refractivity contribution is 6.01. The molecule has 1 aromatic carbocycles. The van der Waals surface area contributed by atoms with Gasteiger partial charge in [-0.2, -0.15) is 0 Å². The Labute approximate surface area is 150 Å². The number of ketones is 1. The second kappa shape index (κ2) is 11.5. The molecule has 8 N–H and O–H groups in total. The molecule has 0 aromatic heterocycles. The maximum Gasteiger partial charge on any atom is 0.339 e. The first kappa shape index (κ1) is 23.9. The lowest BCUT2D eigenvalue weighted by molar-refractivity contribution is -0.113. The lowest BCUT2D eigenvalue weighted by atomic mass is 10.0. The Morgan fingerprint density at radius 2 is 1.54 bits per heavy atom. The lowest BCUT2D eigenvalue weighted by Crippen LogP contribution is -2.48. The molecule has 0 fully saturated rings. The largest absolute Gasteiger partial charge is 0.506 e. The van der Waals surface area contributed by atoms with Crippen LogP contribution in [0, 0.1) is 0 Å². The molecule has 148 valence electrons. The van der Waals surface area contributed by atoms with Crippen LogP contribution in [0.25, 0.3) is 0 Å². The molecule has 26 heavy (non-hydrogen) atoms. The summed E-state index contributed by atoms with van der Waals surface area (Å²) in [5.41, 5.74) is -0.229. The van der Waals surface area contributed by atoms with Gasteiger partial charge in [0, 0.05) is 6.54 Å². The van der Waals surface area contributed by atoms with Crippen molar-refractivity contribution in [3.8, 4) is 5.75 Å². The standard InChI is InChI=1S/C9H8O4.C7H17NO5/c1-5(10)6-3-2-4-7(8(6)11)9(12)13;1-8-2-4(10)6(12)7(13)5(11)3-9/h2-4,11H,1H3,(H,12,13);4-13H,2-3H2,1H3/t;4-,5+,6+,7+/m.0/s1. The third-order valence-corrected chi connectivity index (χ3v) is 3.38. The average molecular weight is 375 g/mol. The minimum Gasteiger partial charge on any atom is -0.506 e. The predicted octanol–water partition coefficient (Wildman–Crippen LogP) is -2.07. The van der Waals surface area contributed by atoms with Crippen molar-refractivity contribution < 1.29 is 45.3 Å². The molecule has 0 spiro atoms. The van der Waals surface area contributed by atoms with Crippen molar-refractivity contribution in [3.63, 3.8) is 0 Å². The van der Waals surface area contributed by atoms with E-state index in [9.17, 15) is 19.8 Å². The normalized spacial score (nSPS) is 15.2. The average Bonchev–Trinajstić information content (AvgIpc) is 2.60. The number of nitrogens with one attached hydrogen (secondary N) is 1. The van der Waals surface area contributed by atoms with E-state index < -0.39 is 42.7 Å². The van der Waals surface area contributed by atoms with Gasteiger partial charge in [0.05, 0.1) is 18.3 Å². The number of benzene rings is 1. The van der Waals surface area contributed by atoms with Crippen LogP contribution in [-0.4, -0.2) is 92.1 Å². The molecule has 1 aromatic rings. The van der Waals surface area contributed by atoms with Crippen molar-refractivity contribution in [2.45, 2.75) is 31.3 Å². The quantitative estimate of drug-likeness (QED) is 0.235. The van der Waals surface area contributed by atoms with Gasteiger partial charge >= 0.3 is 5.97 Å². The van der Waals surface area contributed by atoms with E-state index in [1.165, 1.54) is 25.1 Å². The summed E-state index contributed by atoms with van der Waals surface area (Å²) < 4.78 is 0. The number of hydrogen-bond acceptors (Lipinski definition) is 9. The van der Waals surface area contributed by atoms with E-state index in [1.54, 1.807) is 7.05 Å². The first-order valence-corrected chi connectivity index (χ1v) is 7.62. The number of para-hydroxylation sites is 1. The van der Waals surface area contributed by atoms with Crippen LogP contribution in [0.2, 0.25) is 0 Å². The number of aromatic hydroxyl groups is 1. The third-order valence-electron chi connectivity index (χ3n) is 3.38. The van der Waals surface area contributed by atoms with E-state index in [2.05, 4.69) is 5.32 Å². The molecule has 1 rings (SSSR count). The van der Waals surface area contributed by atoms with E-state index in [0.717, 1.165) is 0 Å². The lowest BCUT2D eigenvalue weighted by Gasteiger charge is -2.25. The van der Waals surface area contributed by atoms with E-state index in [1.807, 2.05) is 0 Å². The minimum atomic E-state index is -1.55. The Hall–Kier alpha value is -2.08. The number of phenols is 1. The summed E-state index contributed by atoms with van der Waals surface area (Å²) in [5, 5.41) is 65.4. The molecular formula is C16H25NO9. The molecule has 0 amide bonds. The Balaban J connectivity index is 0.000000481. The zero-order chi connectivity index (χ0) is 20.4. The molecule has 10 heteroatoms. The van der Waals surface area contributed by atoms with Gasteiger partial charge in [-0.1, -0.05) is 6.07 Å². The van der Waals surface area contributed by atoms with Crippen LogP contribution in [0.4, 0.5) is 0 Å². The van der Waals surface area contributed by atoms with E-state index in [4.69, 9.17) is 25.5 Å². The fourth-order valence-electron chi connectivity index (χ4n) is 1.89. The number of aromatic carboxylic acids is 1. The van der Waals surface area contributed by atoms with Gasteiger partial charge < -0.3 is 41.1 Å². The Kier molecular flexibility index (Phi) is 10.6. The molecule has 0 saturated heterocycles. The number of carbonyl (C=O) groups is 2. The monoisotopic (exact) mass is 375 g/mol. The summed E-state index contributed by atoms with van der Waals surface area (Å²) in [4.78, 5) is 21.4. The minimum absolute atomic E-state index is 0.0277. The SMILES string of the molecule is CC(=O)c1cccc(C(=O)O)c1O.CNC[C@H](O)[C@@H](O)[C@H](O)[C@H](O)CO. The van der Waals surface area contributed by atoms with Gasteiger partial charge in [-0.3, -0.25) is 4.79 Å². The van der Waals surface area contributed by atoms with Crippen molar-refractivity contribution in [2.24, 2.45) is 0 Å². The molecule has 4 atom stereocenters. The van der Waals surface area contributed by atoms with Crippen LogP contribution in [0.15, 0.2) is 18.2 Å². The molecule has 0 saturated carbocycles. The molecule has 0 heterocycles. The number of carbonyl (C=O) groups excluding carboxylic acids is 1. The van der Waals surface area contributed by atoms with E-state index >= 15 is 0 Å². The molecule has 0 aliphatic rings. The number of Topliss-reactive ketones (excluding diaryl/α,β-unsaturated/α-hetero) is 1. The highest BCUT2D eigenvalue weighted by atomic mass is 16.4. The Morgan fingerprint density at radius 3 is 1.96 bits per heavy atom. The Bertz CT molecular complexity index is 561. The second-order valence-corrected chi connectivity index (χ2v) is 5.42. The first-order chi connectivity index (χ1) is 12.1. The molecule has 10 nitrogen and oxygen atoms in total. The number of likely N-dealkylation sites (N-methyl/N-ethyl adjacent to an activating group) is 1. The van der Waals surface area contributed by atoms with Gasteiger partial charge in [-0.25, -0.2) is 4.79 Å². The van der Waals surface area contributed by atoms with Crippen LogP contribution in [0.3, 0.4) is 0 Å². The van der Waals surface area contributed by atoms with Gasteiger partial charge in [-0.15, -0.1) is 0 Å². The number of aliphatic hydroxyl groups excluding tert-OH is 5. The van der Waals surface area contributed by atoms with Crippen LogP contribution >= 0.6 is 0 Å². The number of carboxylic acids is 1. The van der Waals surface area contributed by atoms with Crippen molar-refractivity contribution in [3.05, 3.63) is 29.3 Å². The fourth-order valence-corrected chi connectivity index (χ4v) is 1.89. The van der Waals surface area contributed by atoms with Crippen molar-refractivity contribution in [2.75, 3.05) is 20.2 Å². The molecular weight excluding hydrogens is 350 g/mol. The van der Waals surface area contributed by atoms with Crippen molar-refractivity contribution in [1.82, 2.24) is 5.32 Å². The molecule has 0 radical (unpaired) electrons. The summed E-state index contributed by atoms with van der Waals surface area (Å²) in [6.45, 7) is 0.696. The molecule has 0 aliphatic carbocycles. The van der Waals surface area contributed by atoms with Crippen LogP contribution in [0.5, 0.6) is 5.75 Å². The highest BCUT2D eigenvalue weighted by Gasteiger charge is 2.29. The number of rotatable bonds is 8. The fraction of sp³-hybridized carbons (Fsp3) is 0.500. The van der Waals surface area contributed by atoms with Gasteiger partial charge in [0.2, 0.25) is 0 Å². The molecule has 0 unspecified atom stereocenters. The van der Waals surface area contributed by atoms with Gasteiger partial charge in [0.25, 0.3) is 0 Å². The summed E-state index contributed by atoms with van der Waals surface area (Å²) >= 11 is 0. The Morgan fingerprint density at radius 1 is 1.04 bits per heavy atom. The van der Waals surface area contributed by atoms with Crippen LogP contribution < -0.4 is 5.32 Å². The highest BCUT2D eigenvalue weighted by Crippen LogP contribution is 2.22. The third kappa shape index (κ3) is 7.04. The smallest absolute Gasteiger partial charge is 0.339 e. The van der Waals surface area contributed by atoms with Crippen molar-refractivity contribution >= 4 is 11.8 Å².